The van der Waals surface area contributed by atoms with E-state index in [1.807, 2.05) is 39.1 Å². The van der Waals surface area contributed by atoms with Gasteiger partial charge in [0.05, 0.1) is 0 Å². The highest BCUT2D eigenvalue weighted by Gasteiger charge is 2.07. The Morgan fingerprint density at radius 3 is 2.50 bits per heavy atom. The van der Waals surface area contributed by atoms with Crippen LogP contribution in [0.3, 0.4) is 0 Å². The minimum absolute atomic E-state index is 0. The summed E-state index contributed by atoms with van der Waals surface area (Å²) >= 11 is 0. The van der Waals surface area contributed by atoms with Crippen molar-refractivity contribution in [3.63, 3.8) is 0 Å². The normalized spacial score (nSPS) is 9.44. The van der Waals surface area contributed by atoms with Gasteiger partial charge in [0.15, 0.2) is 0 Å². The van der Waals surface area contributed by atoms with Gasteiger partial charge in [0, 0.05) is 18.7 Å². The second-order valence-corrected chi connectivity index (χ2v) is 3.68. The number of hydrogen-bond acceptors (Lipinski definition) is 2. The van der Waals surface area contributed by atoms with Gasteiger partial charge in [-0.3, -0.25) is 4.79 Å². The minimum atomic E-state index is 0. The average Bonchev–Trinajstić information content (AvgIpc) is 2.17. The van der Waals surface area contributed by atoms with Crippen LogP contribution < -0.4 is 10.6 Å². The first-order chi connectivity index (χ1) is 7.15. The number of nitrogens with one attached hydrogen (secondary N) is 2. The second kappa shape index (κ2) is 7.25. The first kappa shape index (κ1) is 14.9. The number of carbonyl (C=O) groups excluding carboxylic acids is 1. The molecule has 1 aromatic carbocycles. The highest BCUT2D eigenvalue weighted by atomic mass is 35.5. The maximum absolute atomic E-state index is 11.7. The van der Waals surface area contributed by atoms with Crippen LogP contribution in [0.4, 0.5) is 0 Å². The third kappa shape index (κ3) is 4.21. The zero-order valence-electron chi connectivity index (χ0n) is 9.96. The van der Waals surface area contributed by atoms with Crippen molar-refractivity contribution < 1.29 is 4.79 Å². The Morgan fingerprint density at radius 1 is 1.25 bits per heavy atom. The average molecular weight is 243 g/mol. The number of rotatable bonds is 4. The van der Waals surface area contributed by atoms with Crippen LogP contribution >= 0.6 is 12.4 Å². The van der Waals surface area contributed by atoms with Gasteiger partial charge in [0.1, 0.15) is 0 Å². The SMILES string of the molecule is CNCCNC(=O)c1ccc(C)cc1C.Cl. The highest BCUT2D eigenvalue weighted by molar-refractivity contribution is 5.95. The highest BCUT2D eigenvalue weighted by Crippen LogP contribution is 2.09. The van der Waals surface area contributed by atoms with Crippen LogP contribution in [-0.4, -0.2) is 26.0 Å². The van der Waals surface area contributed by atoms with Gasteiger partial charge in [0.2, 0.25) is 0 Å². The molecule has 1 amide bonds. The molecule has 0 spiro atoms. The molecule has 0 saturated heterocycles. The fourth-order valence-electron chi connectivity index (χ4n) is 1.46. The zero-order valence-corrected chi connectivity index (χ0v) is 10.8. The Hall–Kier alpha value is -1.06. The first-order valence-electron chi connectivity index (χ1n) is 5.15. The lowest BCUT2D eigenvalue weighted by Crippen LogP contribution is -2.30. The molecule has 16 heavy (non-hydrogen) atoms. The lowest BCUT2D eigenvalue weighted by atomic mass is 10.1. The Balaban J connectivity index is 0.00000225. The number of likely N-dealkylation sites (N-methyl/N-ethyl adjacent to an activating group) is 1. The van der Waals surface area contributed by atoms with Crippen LogP contribution in [0.15, 0.2) is 18.2 Å². The zero-order chi connectivity index (χ0) is 11.3. The molecule has 3 nitrogen and oxygen atoms in total. The summed E-state index contributed by atoms with van der Waals surface area (Å²) in [4.78, 5) is 11.7. The second-order valence-electron chi connectivity index (χ2n) is 3.68. The Bertz CT molecular complexity index is 353. The maximum Gasteiger partial charge on any atom is 0.251 e. The smallest absolute Gasteiger partial charge is 0.251 e. The van der Waals surface area contributed by atoms with E-state index in [-0.39, 0.29) is 18.3 Å². The van der Waals surface area contributed by atoms with Crippen molar-refractivity contribution in [3.05, 3.63) is 34.9 Å². The van der Waals surface area contributed by atoms with E-state index in [0.29, 0.717) is 6.54 Å². The molecule has 0 aliphatic rings. The van der Waals surface area contributed by atoms with Crippen molar-refractivity contribution >= 4 is 18.3 Å². The quantitative estimate of drug-likeness (QED) is 0.789. The Morgan fingerprint density at radius 2 is 1.94 bits per heavy atom. The van der Waals surface area contributed by atoms with Crippen molar-refractivity contribution in [2.24, 2.45) is 0 Å². The predicted octanol–water partition coefficient (Wildman–Crippen LogP) is 1.67. The number of halogens is 1. The summed E-state index contributed by atoms with van der Waals surface area (Å²) < 4.78 is 0. The Labute approximate surface area is 103 Å². The largest absolute Gasteiger partial charge is 0.351 e. The molecule has 0 aliphatic heterocycles. The van der Waals surface area contributed by atoms with Crippen molar-refractivity contribution in [2.75, 3.05) is 20.1 Å². The third-order valence-corrected chi connectivity index (χ3v) is 2.29. The molecule has 0 bridgehead atoms. The van der Waals surface area contributed by atoms with E-state index in [9.17, 15) is 4.79 Å². The number of hydrogen-bond donors (Lipinski definition) is 2. The van der Waals surface area contributed by atoms with Crippen molar-refractivity contribution in [1.29, 1.82) is 0 Å². The molecule has 0 unspecified atom stereocenters. The van der Waals surface area contributed by atoms with E-state index in [1.165, 1.54) is 5.56 Å². The molecule has 0 radical (unpaired) electrons. The summed E-state index contributed by atoms with van der Waals surface area (Å²) in [5.41, 5.74) is 2.97. The van der Waals surface area contributed by atoms with Crippen LogP contribution in [0.25, 0.3) is 0 Å². The van der Waals surface area contributed by atoms with Gasteiger partial charge in [-0.2, -0.15) is 0 Å². The number of amides is 1. The molecule has 1 rings (SSSR count). The van der Waals surface area contributed by atoms with Gasteiger partial charge in [-0.25, -0.2) is 0 Å². The van der Waals surface area contributed by atoms with E-state index in [0.717, 1.165) is 17.7 Å². The summed E-state index contributed by atoms with van der Waals surface area (Å²) in [6, 6.07) is 5.85. The fourth-order valence-corrected chi connectivity index (χ4v) is 1.46. The molecule has 2 N–H and O–H groups in total. The summed E-state index contributed by atoms with van der Waals surface area (Å²) in [6.45, 7) is 5.43. The van der Waals surface area contributed by atoms with E-state index in [4.69, 9.17) is 0 Å². The first-order valence-corrected chi connectivity index (χ1v) is 5.15. The molecular formula is C12H19ClN2O. The van der Waals surface area contributed by atoms with Crippen LogP contribution in [0, 0.1) is 13.8 Å². The Kier molecular flexibility index (Phi) is 6.77. The lowest BCUT2D eigenvalue weighted by Gasteiger charge is -2.07. The lowest BCUT2D eigenvalue weighted by molar-refractivity contribution is 0.0953. The molecule has 1 aromatic rings. The summed E-state index contributed by atoms with van der Waals surface area (Å²) in [7, 11) is 1.86. The van der Waals surface area contributed by atoms with Crippen molar-refractivity contribution in [3.8, 4) is 0 Å². The molecule has 0 aromatic heterocycles. The maximum atomic E-state index is 11.7. The monoisotopic (exact) mass is 242 g/mol. The molecule has 0 saturated carbocycles. The van der Waals surface area contributed by atoms with Crippen LogP contribution in [0.5, 0.6) is 0 Å². The van der Waals surface area contributed by atoms with Gasteiger partial charge in [-0.1, -0.05) is 17.7 Å². The molecule has 0 atom stereocenters. The van der Waals surface area contributed by atoms with Gasteiger partial charge >= 0.3 is 0 Å². The van der Waals surface area contributed by atoms with E-state index in [2.05, 4.69) is 10.6 Å². The summed E-state index contributed by atoms with van der Waals surface area (Å²) in [5.74, 6) is 0.00255. The third-order valence-electron chi connectivity index (χ3n) is 2.29. The van der Waals surface area contributed by atoms with Gasteiger partial charge in [0.25, 0.3) is 5.91 Å². The number of aryl methyl sites for hydroxylation is 2. The van der Waals surface area contributed by atoms with Crippen LogP contribution in [0.1, 0.15) is 21.5 Å². The molecule has 0 heterocycles. The van der Waals surface area contributed by atoms with Crippen molar-refractivity contribution in [2.45, 2.75) is 13.8 Å². The van der Waals surface area contributed by atoms with Gasteiger partial charge in [-0.05, 0) is 32.5 Å². The standard InChI is InChI=1S/C12H18N2O.ClH/c1-9-4-5-11(10(2)8-9)12(15)14-7-6-13-3;/h4-5,8,13H,6-7H2,1-3H3,(H,14,15);1H. The summed E-state index contributed by atoms with van der Waals surface area (Å²) in [6.07, 6.45) is 0. The van der Waals surface area contributed by atoms with Crippen LogP contribution in [-0.2, 0) is 0 Å². The molecule has 0 aliphatic carbocycles. The fraction of sp³-hybridized carbons (Fsp3) is 0.417. The van der Waals surface area contributed by atoms with E-state index >= 15 is 0 Å². The van der Waals surface area contributed by atoms with Crippen LogP contribution in [0.2, 0.25) is 0 Å². The summed E-state index contributed by atoms with van der Waals surface area (Å²) in [5, 5.41) is 5.84. The van der Waals surface area contributed by atoms with Gasteiger partial charge in [-0.15, -0.1) is 12.4 Å². The van der Waals surface area contributed by atoms with Gasteiger partial charge < -0.3 is 10.6 Å². The molecule has 90 valence electrons. The molecule has 0 fully saturated rings. The number of carbonyl (C=O) groups is 1. The topological polar surface area (TPSA) is 41.1 Å². The molecular weight excluding hydrogens is 224 g/mol. The van der Waals surface area contributed by atoms with E-state index in [1.54, 1.807) is 0 Å². The predicted molar refractivity (Wildman–Crippen MR) is 69.4 cm³/mol. The van der Waals surface area contributed by atoms with Crippen molar-refractivity contribution in [1.82, 2.24) is 10.6 Å². The number of benzene rings is 1. The molecule has 4 heteroatoms. The minimum Gasteiger partial charge on any atom is -0.351 e. The van der Waals surface area contributed by atoms with E-state index < -0.39 is 0 Å².